The van der Waals surface area contributed by atoms with Gasteiger partial charge < -0.3 is 0 Å². The molecule has 0 aliphatic rings. The maximum atomic E-state index is 2.56. The molecule has 0 unspecified atom stereocenters. The summed E-state index contributed by atoms with van der Waals surface area (Å²) >= 11 is 3.97. The molecule has 0 N–H and O–H groups in total. The molecule has 2 aromatic heterocycles. The molecular weight excluding hydrogens is 569 g/mol. The van der Waals surface area contributed by atoms with Crippen LogP contribution in [0.5, 0.6) is 0 Å². The minimum atomic E-state index is 1.21. The van der Waals surface area contributed by atoms with Crippen molar-refractivity contribution in [2.75, 3.05) is 0 Å². The van der Waals surface area contributed by atoms with Gasteiger partial charge in [-0.3, -0.25) is 0 Å². The van der Waals surface area contributed by atoms with E-state index in [-0.39, 0.29) is 0 Å². The summed E-state index contributed by atoms with van der Waals surface area (Å²) < 4.78 is 2.98. The zero-order valence-corrected chi connectivity index (χ0v) is 29.6. The Balaban J connectivity index is 1.19. The molecule has 0 spiro atoms. The van der Waals surface area contributed by atoms with E-state index in [9.17, 15) is 0 Å². The lowest BCUT2D eigenvalue weighted by Crippen LogP contribution is -1.89. The third-order valence-electron chi connectivity index (χ3n) is 9.93. The number of unbranched alkanes of at least 4 members (excludes halogenated alkanes) is 18. The van der Waals surface area contributed by atoms with Gasteiger partial charge in [0.05, 0.1) is 0 Å². The number of aryl methyl sites for hydroxylation is 2. The smallest absolute Gasteiger partial charge is 0.0381 e. The van der Waals surface area contributed by atoms with Gasteiger partial charge in [0.15, 0.2) is 0 Å². The quantitative estimate of drug-likeness (QED) is 0.0529. The number of thiophene rings is 2. The molecule has 44 heavy (non-hydrogen) atoms. The Morgan fingerprint density at radius 2 is 0.932 bits per heavy atom. The normalized spacial score (nSPS) is 12.0. The summed E-state index contributed by atoms with van der Waals surface area (Å²) in [7, 11) is 0. The lowest BCUT2D eigenvalue weighted by molar-refractivity contribution is 0.556. The van der Waals surface area contributed by atoms with Gasteiger partial charge in [-0.15, -0.1) is 22.7 Å². The van der Waals surface area contributed by atoms with Crippen molar-refractivity contribution in [2.45, 2.75) is 155 Å². The highest BCUT2D eigenvalue weighted by molar-refractivity contribution is 7.19. The van der Waals surface area contributed by atoms with E-state index in [4.69, 9.17) is 0 Å². The fourth-order valence-electron chi connectivity index (χ4n) is 7.30. The van der Waals surface area contributed by atoms with Gasteiger partial charge in [-0.05, 0) is 82.4 Å². The van der Waals surface area contributed by atoms with Crippen LogP contribution in [-0.4, -0.2) is 0 Å². The van der Waals surface area contributed by atoms with E-state index in [1.807, 2.05) is 22.7 Å². The Labute approximate surface area is 276 Å². The second-order valence-electron chi connectivity index (χ2n) is 13.5. The average molecular weight is 627 g/mol. The molecule has 0 aliphatic carbocycles. The number of hydrogen-bond donors (Lipinski definition) is 0. The molecule has 0 radical (unpaired) electrons. The molecule has 0 saturated heterocycles. The van der Waals surface area contributed by atoms with Crippen molar-refractivity contribution in [3.05, 3.63) is 58.3 Å². The summed E-state index contributed by atoms with van der Waals surface area (Å²) in [6.45, 7) is 4.61. The van der Waals surface area contributed by atoms with Crippen LogP contribution < -0.4 is 0 Å². The van der Waals surface area contributed by atoms with Crippen LogP contribution >= 0.6 is 22.7 Å². The first-order chi connectivity index (χ1) is 21.8. The summed E-state index contributed by atoms with van der Waals surface area (Å²) in [6.07, 6.45) is 30.5. The van der Waals surface area contributed by atoms with E-state index in [1.165, 1.54) is 183 Å². The summed E-state index contributed by atoms with van der Waals surface area (Å²) in [5.41, 5.74) is 1.57. The molecule has 2 heteroatoms. The second-order valence-corrected chi connectivity index (χ2v) is 15.6. The average Bonchev–Trinajstić information content (AvgIpc) is 3.70. The van der Waals surface area contributed by atoms with Crippen molar-refractivity contribution >= 4 is 64.4 Å². The van der Waals surface area contributed by atoms with E-state index >= 15 is 0 Å². The number of rotatable bonds is 22. The molecule has 3 aromatic carbocycles. The molecule has 5 aromatic rings. The van der Waals surface area contributed by atoms with E-state index in [0.29, 0.717) is 0 Å². The molecule has 0 atom stereocenters. The van der Waals surface area contributed by atoms with E-state index < -0.39 is 0 Å². The van der Waals surface area contributed by atoms with Crippen LogP contribution in [-0.2, 0) is 12.8 Å². The molecule has 238 valence electrons. The zero-order chi connectivity index (χ0) is 30.4. The topological polar surface area (TPSA) is 0 Å². The summed E-state index contributed by atoms with van der Waals surface area (Å²) in [4.78, 5) is 1.57. The minimum Gasteiger partial charge on any atom is -0.144 e. The predicted molar refractivity (Wildman–Crippen MR) is 203 cm³/mol. The number of benzene rings is 3. The SMILES string of the molecule is CCCCCCCCCCCCc1cc2c(ccc3c2ccc2c4ccsc4c(CCCCCCCCCCCC)cc23)s1. The van der Waals surface area contributed by atoms with Gasteiger partial charge >= 0.3 is 0 Å². The van der Waals surface area contributed by atoms with Gasteiger partial charge in [-0.2, -0.15) is 0 Å². The Morgan fingerprint density at radius 3 is 1.55 bits per heavy atom. The second kappa shape index (κ2) is 18.3. The molecule has 5 rings (SSSR count). The first kappa shape index (κ1) is 33.5. The number of hydrogen-bond acceptors (Lipinski definition) is 2. The third kappa shape index (κ3) is 9.10. The highest BCUT2D eigenvalue weighted by atomic mass is 32.1. The molecule has 0 nitrogen and oxygen atoms in total. The lowest BCUT2D eigenvalue weighted by Gasteiger charge is -2.11. The van der Waals surface area contributed by atoms with Crippen molar-refractivity contribution in [2.24, 2.45) is 0 Å². The first-order valence-corrected chi connectivity index (χ1v) is 20.3. The van der Waals surface area contributed by atoms with Gasteiger partial charge in [0.2, 0.25) is 0 Å². The molecule has 2 heterocycles. The molecule has 0 bridgehead atoms. The van der Waals surface area contributed by atoms with Crippen LogP contribution in [0, 0.1) is 0 Å². The monoisotopic (exact) mass is 626 g/mol. The van der Waals surface area contributed by atoms with E-state index in [2.05, 4.69) is 61.7 Å². The predicted octanol–water partition coefficient (Wildman–Crippen LogP) is 15.3. The maximum Gasteiger partial charge on any atom is 0.0381 e. The fourth-order valence-corrected chi connectivity index (χ4v) is 9.38. The Kier molecular flexibility index (Phi) is 13.9. The maximum absolute atomic E-state index is 2.56. The lowest BCUT2D eigenvalue weighted by atomic mass is 9.94. The third-order valence-corrected chi connectivity index (χ3v) is 12.1. The summed E-state index contributed by atoms with van der Waals surface area (Å²) in [6, 6.07) is 17.1. The molecule has 0 amide bonds. The standard InChI is InChI=1S/C42H58S2/c1-3-5-7-9-11-13-15-17-19-21-23-33-31-39-35-27-28-41-40(36(35)25-26-37(39)38-29-30-43-42(33)38)32-34(44-41)24-22-20-18-16-14-12-10-8-6-4-2/h25-32H,3-24H2,1-2H3. The minimum absolute atomic E-state index is 1.21. The van der Waals surface area contributed by atoms with Crippen LogP contribution in [0.4, 0.5) is 0 Å². The molecular formula is C42H58S2. The Bertz CT molecular complexity index is 1550. The first-order valence-electron chi connectivity index (χ1n) is 18.6. The molecule has 0 saturated carbocycles. The summed E-state index contributed by atoms with van der Waals surface area (Å²) in [5, 5.41) is 11.0. The Morgan fingerprint density at radius 1 is 0.432 bits per heavy atom. The fraction of sp³-hybridized carbons (Fsp3) is 0.571. The molecule has 0 aliphatic heterocycles. The van der Waals surface area contributed by atoms with Crippen molar-refractivity contribution in [3.8, 4) is 0 Å². The van der Waals surface area contributed by atoms with Gasteiger partial charge in [-0.25, -0.2) is 0 Å². The van der Waals surface area contributed by atoms with Crippen molar-refractivity contribution < 1.29 is 0 Å². The van der Waals surface area contributed by atoms with Gasteiger partial charge in [0.1, 0.15) is 0 Å². The van der Waals surface area contributed by atoms with Crippen LogP contribution in [0.3, 0.4) is 0 Å². The van der Waals surface area contributed by atoms with Gasteiger partial charge in [0, 0.05) is 25.0 Å². The van der Waals surface area contributed by atoms with E-state index in [0.717, 1.165) is 0 Å². The van der Waals surface area contributed by atoms with Crippen LogP contribution in [0.1, 0.15) is 153 Å². The van der Waals surface area contributed by atoms with Crippen molar-refractivity contribution in [1.29, 1.82) is 0 Å². The highest BCUT2D eigenvalue weighted by Crippen LogP contribution is 2.40. The van der Waals surface area contributed by atoms with Crippen molar-refractivity contribution in [3.63, 3.8) is 0 Å². The Hall–Kier alpha value is -1.90. The number of fused-ring (bicyclic) bond motifs is 7. The molecule has 0 fully saturated rings. The summed E-state index contributed by atoms with van der Waals surface area (Å²) in [5.74, 6) is 0. The van der Waals surface area contributed by atoms with Crippen LogP contribution in [0.2, 0.25) is 0 Å². The highest BCUT2D eigenvalue weighted by Gasteiger charge is 2.13. The van der Waals surface area contributed by atoms with Crippen molar-refractivity contribution in [1.82, 2.24) is 0 Å². The van der Waals surface area contributed by atoms with Gasteiger partial charge in [-0.1, -0.05) is 148 Å². The van der Waals surface area contributed by atoms with E-state index in [1.54, 1.807) is 10.4 Å². The zero-order valence-electron chi connectivity index (χ0n) is 28.0. The van der Waals surface area contributed by atoms with Gasteiger partial charge in [0.25, 0.3) is 0 Å². The largest absolute Gasteiger partial charge is 0.144 e. The van der Waals surface area contributed by atoms with Crippen LogP contribution in [0.15, 0.2) is 47.8 Å². The van der Waals surface area contributed by atoms with Crippen LogP contribution in [0.25, 0.3) is 41.7 Å².